The molecule has 1 aliphatic carbocycles. The Bertz CT molecular complexity index is 597. The number of carbonyl (C=O) groups is 3. The number of halogens is 3. The molecular weight excluding hydrogens is 343 g/mol. The van der Waals surface area contributed by atoms with E-state index < -0.39 is 42.1 Å². The second kappa shape index (κ2) is 6.06. The first-order valence-electron chi connectivity index (χ1n) is 8.27. The van der Waals surface area contributed by atoms with Crippen molar-refractivity contribution in [3.63, 3.8) is 0 Å². The maximum atomic E-state index is 12.4. The van der Waals surface area contributed by atoms with E-state index in [1.54, 1.807) is 0 Å². The van der Waals surface area contributed by atoms with Gasteiger partial charge in [0.1, 0.15) is 12.6 Å². The molecule has 3 fully saturated rings. The molecule has 2 N–H and O–H groups in total. The van der Waals surface area contributed by atoms with Crippen molar-refractivity contribution >= 4 is 17.9 Å². The predicted octanol–water partition coefficient (Wildman–Crippen LogP) is 1.05. The minimum Gasteiger partial charge on any atom is -0.481 e. The lowest BCUT2D eigenvalue weighted by Gasteiger charge is -2.24. The highest BCUT2D eigenvalue weighted by atomic mass is 19.4. The van der Waals surface area contributed by atoms with E-state index in [9.17, 15) is 32.7 Å². The lowest BCUT2D eigenvalue weighted by atomic mass is 9.81. The van der Waals surface area contributed by atoms with Gasteiger partial charge in [-0.2, -0.15) is 13.2 Å². The Labute approximate surface area is 142 Å². The second-order valence-corrected chi connectivity index (χ2v) is 7.10. The maximum absolute atomic E-state index is 12.4. The van der Waals surface area contributed by atoms with Crippen molar-refractivity contribution in [1.82, 2.24) is 15.1 Å². The number of nitrogens with one attached hydrogen (secondary N) is 1. The van der Waals surface area contributed by atoms with Crippen LogP contribution in [-0.4, -0.2) is 71.2 Å². The number of amides is 3. The molecule has 7 nitrogen and oxygen atoms in total. The number of carboxylic acids is 1. The SMILES string of the molecule is O=C(NC1CCN(CC(F)(F)F)C1=O)N1C[C@@H]2CCC[C@@]2(C(=O)O)C1. The van der Waals surface area contributed by atoms with Crippen LogP contribution >= 0.6 is 0 Å². The number of carbonyl (C=O) groups excluding carboxylic acids is 2. The summed E-state index contributed by atoms with van der Waals surface area (Å²) in [6.07, 6.45) is -2.31. The Morgan fingerprint density at radius 3 is 2.64 bits per heavy atom. The minimum absolute atomic E-state index is 0.0645. The van der Waals surface area contributed by atoms with Gasteiger partial charge in [-0.3, -0.25) is 9.59 Å². The fourth-order valence-electron chi connectivity index (χ4n) is 4.28. The van der Waals surface area contributed by atoms with Crippen LogP contribution in [0.4, 0.5) is 18.0 Å². The topological polar surface area (TPSA) is 90.0 Å². The Balaban J connectivity index is 1.59. The molecule has 3 atom stereocenters. The monoisotopic (exact) mass is 363 g/mol. The lowest BCUT2D eigenvalue weighted by Crippen LogP contribution is -2.49. The third kappa shape index (κ3) is 3.25. The van der Waals surface area contributed by atoms with Gasteiger partial charge in [-0.15, -0.1) is 0 Å². The van der Waals surface area contributed by atoms with Crippen molar-refractivity contribution in [2.24, 2.45) is 11.3 Å². The van der Waals surface area contributed by atoms with Crippen LogP contribution in [0, 0.1) is 11.3 Å². The lowest BCUT2D eigenvalue weighted by molar-refractivity contribution is -0.157. The van der Waals surface area contributed by atoms with Crippen molar-refractivity contribution in [3.05, 3.63) is 0 Å². The normalized spacial score (nSPS) is 32.2. The maximum Gasteiger partial charge on any atom is 0.406 e. The summed E-state index contributed by atoms with van der Waals surface area (Å²) in [7, 11) is 0. The highest BCUT2D eigenvalue weighted by molar-refractivity contribution is 5.89. The molecule has 0 aromatic carbocycles. The van der Waals surface area contributed by atoms with E-state index in [-0.39, 0.29) is 25.4 Å². The zero-order valence-corrected chi connectivity index (χ0v) is 13.5. The molecule has 2 heterocycles. The molecule has 2 saturated heterocycles. The summed E-state index contributed by atoms with van der Waals surface area (Å²) in [6.45, 7) is -1.02. The molecule has 1 unspecified atom stereocenters. The molecule has 2 aliphatic heterocycles. The molecule has 140 valence electrons. The molecule has 10 heteroatoms. The average molecular weight is 363 g/mol. The zero-order chi connectivity index (χ0) is 18.4. The van der Waals surface area contributed by atoms with Crippen LogP contribution in [0.3, 0.4) is 0 Å². The number of likely N-dealkylation sites (tertiary alicyclic amines) is 2. The summed E-state index contributed by atoms with van der Waals surface area (Å²) in [6, 6.07) is -1.57. The first-order chi connectivity index (χ1) is 11.6. The van der Waals surface area contributed by atoms with E-state index in [0.717, 1.165) is 12.8 Å². The molecule has 0 aromatic heterocycles. The molecule has 3 amide bonds. The molecule has 3 aliphatic rings. The van der Waals surface area contributed by atoms with Gasteiger partial charge in [-0.25, -0.2) is 4.79 Å². The number of carboxylic acid groups (broad SMARTS) is 1. The number of aliphatic carboxylic acids is 1. The van der Waals surface area contributed by atoms with Crippen LogP contribution in [0.1, 0.15) is 25.7 Å². The molecular formula is C15H20F3N3O4. The molecule has 0 spiro atoms. The van der Waals surface area contributed by atoms with Gasteiger partial charge in [0.05, 0.1) is 5.41 Å². The van der Waals surface area contributed by atoms with Gasteiger partial charge in [0.2, 0.25) is 5.91 Å². The van der Waals surface area contributed by atoms with Gasteiger partial charge >= 0.3 is 18.2 Å². The smallest absolute Gasteiger partial charge is 0.406 e. The highest BCUT2D eigenvalue weighted by Gasteiger charge is 2.56. The number of fused-ring (bicyclic) bond motifs is 1. The molecule has 1 saturated carbocycles. The van der Waals surface area contributed by atoms with Crippen LogP contribution in [-0.2, 0) is 9.59 Å². The van der Waals surface area contributed by atoms with Crippen molar-refractivity contribution in [2.75, 3.05) is 26.2 Å². The van der Waals surface area contributed by atoms with E-state index in [0.29, 0.717) is 17.9 Å². The van der Waals surface area contributed by atoms with Crippen LogP contribution in [0.25, 0.3) is 0 Å². The largest absolute Gasteiger partial charge is 0.481 e. The molecule has 0 radical (unpaired) electrons. The van der Waals surface area contributed by atoms with Gasteiger partial charge in [-0.1, -0.05) is 6.42 Å². The Morgan fingerprint density at radius 1 is 1.32 bits per heavy atom. The quantitative estimate of drug-likeness (QED) is 0.784. The van der Waals surface area contributed by atoms with Gasteiger partial charge in [-0.05, 0) is 25.2 Å². The van der Waals surface area contributed by atoms with Crippen LogP contribution in [0.15, 0.2) is 0 Å². The van der Waals surface area contributed by atoms with Gasteiger partial charge in [0.15, 0.2) is 0 Å². The van der Waals surface area contributed by atoms with Gasteiger partial charge in [0.25, 0.3) is 0 Å². The minimum atomic E-state index is -4.48. The zero-order valence-electron chi connectivity index (χ0n) is 13.5. The summed E-state index contributed by atoms with van der Waals surface area (Å²) in [5, 5.41) is 12.0. The molecule has 25 heavy (non-hydrogen) atoms. The van der Waals surface area contributed by atoms with Gasteiger partial charge < -0.3 is 20.2 Å². The van der Waals surface area contributed by atoms with Crippen molar-refractivity contribution in [1.29, 1.82) is 0 Å². The third-order valence-electron chi connectivity index (χ3n) is 5.55. The average Bonchev–Trinajstić information content (AvgIpc) is 3.13. The van der Waals surface area contributed by atoms with Crippen molar-refractivity contribution in [2.45, 2.75) is 37.9 Å². The Hall–Kier alpha value is -2.00. The molecule has 3 rings (SSSR count). The fourth-order valence-corrected chi connectivity index (χ4v) is 4.28. The number of hydrogen-bond donors (Lipinski definition) is 2. The van der Waals surface area contributed by atoms with E-state index in [4.69, 9.17) is 0 Å². The Morgan fingerprint density at radius 2 is 2.04 bits per heavy atom. The van der Waals surface area contributed by atoms with E-state index in [2.05, 4.69) is 5.32 Å². The number of urea groups is 1. The summed E-state index contributed by atoms with van der Waals surface area (Å²) in [5.41, 5.74) is -0.931. The number of rotatable bonds is 3. The number of hydrogen-bond acceptors (Lipinski definition) is 3. The van der Waals surface area contributed by atoms with Crippen molar-refractivity contribution in [3.8, 4) is 0 Å². The second-order valence-electron chi connectivity index (χ2n) is 7.10. The number of nitrogens with zero attached hydrogens (tertiary/aromatic N) is 2. The predicted molar refractivity (Wildman–Crippen MR) is 78.6 cm³/mol. The van der Waals surface area contributed by atoms with Crippen molar-refractivity contribution < 1.29 is 32.7 Å². The first-order valence-corrected chi connectivity index (χ1v) is 8.27. The highest BCUT2D eigenvalue weighted by Crippen LogP contribution is 2.48. The molecule has 0 aromatic rings. The number of alkyl halides is 3. The summed E-state index contributed by atoms with van der Waals surface area (Å²) in [4.78, 5) is 38.0. The standard InChI is InChI=1S/C15H20F3N3O4/c16-15(17,18)8-20-5-3-10(11(20)22)19-13(25)21-6-9-2-1-4-14(9,7-21)12(23)24/h9-10H,1-8H2,(H,19,25)(H,23,24)/t9-,10?,14+/m0/s1. The van der Waals surface area contributed by atoms with Crippen LogP contribution < -0.4 is 5.32 Å². The summed E-state index contributed by atoms with van der Waals surface area (Å²) < 4.78 is 37.3. The van der Waals surface area contributed by atoms with E-state index >= 15 is 0 Å². The third-order valence-corrected chi connectivity index (χ3v) is 5.55. The Kier molecular flexibility index (Phi) is 4.32. The summed E-state index contributed by atoms with van der Waals surface area (Å²) >= 11 is 0. The first kappa shape index (κ1) is 17.8. The molecule has 0 bridgehead atoms. The van der Waals surface area contributed by atoms with Crippen LogP contribution in [0.2, 0.25) is 0 Å². The fraction of sp³-hybridized carbons (Fsp3) is 0.800. The summed E-state index contributed by atoms with van der Waals surface area (Å²) in [5.74, 6) is -1.78. The van der Waals surface area contributed by atoms with E-state index in [1.807, 2.05) is 0 Å². The van der Waals surface area contributed by atoms with Gasteiger partial charge in [0, 0.05) is 19.6 Å². The van der Waals surface area contributed by atoms with Crippen LogP contribution in [0.5, 0.6) is 0 Å². The van der Waals surface area contributed by atoms with E-state index in [1.165, 1.54) is 4.90 Å².